The first-order valence-corrected chi connectivity index (χ1v) is 8.94. The summed E-state index contributed by atoms with van der Waals surface area (Å²) in [6.07, 6.45) is 6.76. The Morgan fingerprint density at radius 1 is 1.15 bits per heavy atom. The fourth-order valence-corrected chi connectivity index (χ4v) is 3.65. The molecule has 2 aromatic heterocycles. The molecular formula is C18H18FN7O. The topological polar surface area (TPSA) is 81.7 Å². The van der Waals surface area contributed by atoms with Crippen LogP contribution in [0.2, 0.25) is 0 Å². The number of amides is 1. The van der Waals surface area contributed by atoms with Crippen molar-refractivity contribution >= 4 is 5.91 Å². The van der Waals surface area contributed by atoms with Gasteiger partial charge in [-0.15, -0.1) is 5.10 Å². The Labute approximate surface area is 154 Å². The number of halogens is 1. The maximum absolute atomic E-state index is 13.2. The lowest BCUT2D eigenvalue weighted by Gasteiger charge is -2.41. The molecule has 8 nitrogen and oxygen atoms in total. The van der Waals surface area contributed by atoms with Crippen molar-refractivity contribution in [1.29, 1.82) is 0 Å². The molecule has 27 heavy (non-hydrogen) atoms. The van der Waals surface area contributed by atoms with Gasteiger partial charge < -0.3 is 4.90 Å². The van der Waals surface area contributed by atoms with Crippen LogP contribution in [-0.4, -0.2) is 53.9 Å². The number of benzene rings is 1. The van der Waals surface area contributed by atoms with Crippen LogP contribution in [0, 0.1) is 5.82 Å². The average molecular weight is 367 g/mol. The van der Waals surface area contributed by atoms with Crippen molar-refractivity contribution in [2.75, 3.05) is 13.1 Å². The summed E-state index contributed by atoms with van der Waals surface area (Å²) in [7, 11) is 0. The van der Waals surface area contributed by atoms with Gasteiger partial charge in [-0.1, -0.05) is 17.3 Å². The largest absolute Gasteiger partial charge is 0.337 e. The van der Waals surface area contributed by atoms with Crippen molar-refractivity contribution in [3.63, 3.8) is 0 Å². The first-order valence-electron chi connectivity index (χ1n) is 8.94. The third-order valence-corrected chi connectivity index (χ3v) is 5.41. The van der Waals surface area contributed by atoms with Gasteiger partial charge in [-0.25, -0.2) is 9.07 Å². The van der Waals surface area contributed by atoms with E-state index in [4.69, 9.17) is 0 Å². The van der Waals surface area contributed by atoms with Crippen LogP contribution in [0.1, 0.15) is 30.1 Å². The fourth-order valence-electron chi connectivity index (χ4n) is 3.65. The Hall–Kier alpha value is -3.10. The van der Waals surface area contributed by atoms with E-state index in [1.807, 2.05) is 11.1 Å². The maximum Gasteiger partial charge on any atom is 0.233 e. The highest BCUT2D eigenvalue weighted by Gasteiger charge is 2.54. The number of carbonyl (C=O) groups is 1. The Morgan fingerprint density at radius 2 is 1.85 bits per heavy atom. The van der Waals surface area contributed by atoms with Gasteiger partial charge in [0.2, 0.25) is 5.91 Å². The second-order valence-corrected chi connectivity index (χ2v) is 7.20. The van der Waals surface area contributed by atoms with Crippen LogP contribution >= 0.6 is 0 Å². The normalized spacial score (nSPS) is 18.3. The molecule has 138 valence electrons. The summed E-state index contributed by atoms with van der Waals surface area (Å²) in [5.74, 6) is -0.148. The van der Waals surface area contributed by atoms with Gasteiger partial charge in [0, 0.05) is 13.1 Å². The van der Waals surface area contributed by atoms with Crippen molar-refractivity contribution in [3.8, 4) is 0 Å². The van der Waals surface area contributed by atoms with Crippen LogP contribution in [-0.2, 0) is 16.8 Å². The van der Waals surface area contributed by atoms with E-state index in [1.54, 1.807) is 34.0 Å². The molecule has 1 saturated heterocycles. The van der Waals surface area contributed by atoms with E-state index >= 15 is 0 Å². The average Bonchev–Trinajstić information content (AvgIpc) is 3.04. The number of carbonyl (C=O) groups excluding carboxylic acids is 1. The Morgan fingerprint density at radius 3 is 2.52 bits per heavy atom. The third kappa shape index (κ3) is 2.79. The van der Waals surface area contributed by atoms with Crippen LogP contribution in [0.15, 0.2) is 42.9 Å². The first kappa shape index (κ1) is 16.1. The number of hydrogen-bond donors (Lipinski definition) is 0. The molecule has 2 fully saturated rings. The summed E-state index contributed by atoms with van der Waals surface area (Å²) in [6.45, 7) is 1.70. The van der Waals surface area contributed by atoms with Gasteiger partial charge in [0.15, 0.2) is 0 Å². The zero-order valence-corrected chi connectivity index (χ0v) is 14.6. The van der Waals surface area contributed by atoms with Crippen molar-refractivity contribution in [1.82, 2.24) is 34.9 Å². The van der Waals surface area contributed by atoms with Gasteiger partial charge in [-0.3, -0.25) is 4.79 Å². The molecule has 1 saturated carbocycles. The van der Waals surface area contributed by atoms with Crippen molar-refractivity contribution < 1.29 is 9.18 Å². The fraction of sp³-hybridized carbons (Fsp3) is 0.389. The molecule has 0 unspecified atom stereocenters. The number of rotatable bonds is 5. The SMILES string of the molecule is O=C(N1CC(n2cc(Cn3nccn3)nn2)C1)C1(c2ccc(F)cc2)CC1. The third-order valence-electron chi connectivity index (χ3n) is 5.41. The molecule has 3 heterocycles. The Bertz CT molecular complexity index is 956. The molecule has 1 amide bonds. The second-order valence-electron chi connectivity index (χ2n) is 7.20. The molecule has 0 bridgehead atoms. The monoisotopic (exact) mass is 367 g/mol. The number of nitrogens with zero attached hydrogens (tertiary/aromatic N) is 7. The molecule has 0 radical (unpaired) electrons. The van der Waals surface area contributed by atoms with E-state index in [1.165, 1.54) is 12.1 Å². The molecule has 1 aliphatic carbocycles. The van der Waals surface area contributed by atoms with Crippen LogP contribution in [0.3, 0.4) is 0 Å². The van der Waals surface area contributed by atoms with Gasteiger partial charge in [0.05, 0.1) is 30.0 Å². The highest BCUT2D eigenvalue weighted by molar-refractivity contribution is 5.91. The molecule has 5 rings (SSSR count). The molecule has 0 N–H and O–H groups in total. The van der Waals surface area contributed by atoms with Gasteiger partial charge >= 0.3 is 0 Å². The molecule has 0 spiro atoms. The number of likely N-dealkylation sites (tertiary alicyclic amines) is 1. The minimum atomic E-state index is -0.460. The highest BCUT2D eigenvalue weighted by Crippen LogP contribution is 2.50. The van der Waals surface area contributed by atoms with Crippen molar-refractivity contribution in [3.05, 3.63) is 59.9 Å². The zero-order chi connectivity index (χ0) is 18.4. The quantitative estimate of drug-likeness (QED) is 0.676. The van der Waals surface area contributed by atoms with E-state index < -0.39 is 5.41 Å². The molecule has 2 aliphatic rings. The molecule has 3 aromatic rings. The van der Waals surface area contributed by atoms with Crippen LogP contribution in [0.5, 0.6) is 0 Å². The number of hydrogen-bond acceptors (Lipinski definition) is 5. The van der Waals surface area contributed by atoms with Gasteiger partial charge in [-0.2, -0.15) is 15.0 Å². The highest BCUT2D eigenvalue weighted by atomic mass is 19.1. The Kier molecular flexibility index (Phi) is 3.56. The van der Waals surface area contributed by atoms with E-state index in [0.717, 1.165) is 24.1 Å². The minimum Gasteiger partial charge on any atom is -0.337 e. The summed E-state index contributed by atoms with van der Waals surface area (Å²) >= 11 is 0. The molecule has 9 heteroatoms. The van der Waals surface area contributed by atoms with E-state index in [-0.39, 0.29) is 17.8 Å². The second kappa shape index (κ2) is 5.97. The predicted molar refractivity (Wildman–Crippen MR) is 92.1 cm³/mol. The van der Waals surface area contributed by atoms with E-state index in [9.17, 15) is 9.18 Å². The number of aromatic nitrogens is 6. The van der Waals surface area contributed by atoms with Gasteiger partial charge in [0.25, 0.3) is 0 Å². The lowest BCUT2D eigenvalue weighted by molar-refractivity contribution is -0.140. The molecule has 1 aromatic carbocycles. The van der Waals surface area contributed by atoms with Crippen LogP contribution < -0.4 is 0 Å². The lowest BCUT2D eigenvalue weighted by atomic mass is 9.92. The molecular weight excluding hydrogens is 349 g/mol. The van der Waals surface area contributed by atoms with Crippen molar-refractivity contribution in [2.45, 2.75) is 30.8 Å². The summed E-state index contributed by atoms with van der Waals surface area (Å²) in [6, 6.07) is 6.43. The van der Waals surface area contributed by atoms with E-state index in [2.05, 4.69) is 20.5 Å². The van der Waals surface area contributed by atoms with E-state index in [0.29, 0.717) is 19.6 Å². The van der Waals surface area contributed by atoms with Crippen LogP contribution in [0.4, 0.5) is 4.39 Å². The summed E-state index contributed by atoms with van der Waals surface area (Å²) in [4.78, 5) is 16.4. The summed E-state index contributed by atoms with van der Waals surface area (Å²) in [5, 5.41) is 16.4. The molecule has 1 aliphatic heterocycles. The predicted octanol–water partition coefficient (Wildman–Crippen LogP) is 1.17. The van der Waals surface area contributed by atoms with Gasteiger partial charge in [-0.05, 0) is 30.5 Å². The Balaban J connectivity index is 1.22. The smallest absolute Gasteiger partial charge is 0.233 e. The summed E-state index contributed by atoms with van der Waals surface area (Å²) < 4.78 is 15.0. The standard InChI is InChI=1S/C18H18FN7O/c19-14-3-1-13(2-4-14)18(5-6-18)17(27)24-11-16(12-24)25-9-15(22-23-25)10-26-20-7-8-21-26/h1-4,7-9,16H,5-6,10-12H2. The van der Waals surface area contributed by atoms with Crippen LogP contribution in [0.25, 0.3) is 0 Å². The molecule has 0 atom stereocenters. The lowest BCUT2D eigenvalue weighted by Crippen LogP contribution is -2.54. The van der Waals surface area contributed by atoms with Crippen molar-refractivity contribution in [2.24, 2.45) is 0 Å². The summed E-state index contributed by atoms with van der Waals surface area (Å²) in [5.41, 5.74) is 1.23. The van der Waals surface area contributed by atoms with Gasteiger partial charge in [0.1, 0.15) is 18.1 Å². The zero-order valence-electron chi connectivity index (χ0n) is 14.6. The maximum atomic E-state index is 13.2. The minimum absolute atomic E-state index is 0.129. The first-order chi connectivity index (χ1) is 13.1.